The van der Waals surface area contributed by atoms with Crippen molar-refractivity contribution in [1.82, 2.24) is 4.90 Å². The number of nitrogens with zero attached hydrogens (tertiary/aromatic N) is 1. The monoisotopic (exact) mass is 182 g/mol. The van der Waals surface area contributed by atoms with E-state index in [4.69, 9.17) is 5.73 Å². The number of piperidine rings is 1. The largest absolute Gasteiger partial charge is 0.330 e. The Morgan fingerprint density at radius 1 is 1.46 bits per heavy atom. The number of nitrogens with two attached hydrogens (primary N) is 1. The average molecular weight is 182 g/mol. The first-order valence-electron chi connectivity index (χ1n) is 5.56. The van der Waals surface area contributed by atoms with Gasteiger partial charge >= 0.3 is 0 Å². The van der Waals surface area contributed by atoms with Gasteiger partial charge in [-0.3, -0.25) is 0 Å². The molecule has 2 unspecified atom stereocenters. The van der Waals surface area contributed by atoms with Gasteiger partial charge in [-0.1, -0.05) is 6.92 Å². The third kappa shape index (κ3) is 1.62. The molecule has 2 N–H and O–H groups in total. The van der Waals surface area contributed by atoms with Gasteiger partial charge < -0.3 is 10.6 Å². The van der Waals surface area contributed by atoms with Gasteiger partial charge in [0.05, 0.1) is 0 Å². The van der Waals surface area contributed by atoms with Crippen LogP contribution in [0.2, 0.25) is 0 Å². The Labute approximate surface area is 81.5 Å². The molecule has 0 aromatic rings. The van der Waals surface area contributed by atoms with E-state index >= 15 is 0 Å². The molecule has 1 aliphatic carbocycles. The van der Waals surface area contributed by atoms with E-state index in [0.717, 1.165) is 23.8 Å². The summed E-state index contributed by atoms with van der Waals surface area (Å²) in [7, 11) is 2.23. The Morgan fingerprint density at radius 3 is 2.62 bits per heavy atom. The Morgan fingerprint density at radius 2 is 2.08 bits per heavy atom. The van der Waals surface area contributed by atoms with Crippen LogP contribution in [0.15, 0.2) is 0 Å². The van der Waals surface area contributed by atoms with Gasteiger partial charge in [-0.2, -0.15) is 0 Å². The summed E-state index contributed by atoms with van der Waals surface area (Å²) in [5, 5.41) is 0. The van der Waals surface area contributed by atoms with Gasteiger partial charge in [-0.25, -0.2) is 0 Å². The highest BCUT2D eigenvalue weighted by Gasteiger charge is 2.55. The van der Waals surface area contributed by atoms with Crippen LogP contribution in [0.1, 0.15) is 26.2 Å². The Balaban J connectivity index is 1.89. The molecule has 2 rings (SSSR count). The molecule has 0 bridgehead atoms. The standard InChI is InChI=1S/C11H22N2/c1-9(8-12)10-7-11(10)3-5-13(2)6-4-11/h9-10H,3-8,12H2,1-2H3. The summed E-state index contributed by atoms with van der Waals surface area (Å²) in [6.07, 6.45) is 4.29. The predicted molar refractivity (Wildman–Crippen MR) is 55.5 cm³/mol. The first-order chi connectivity index (χ1) is 6.18. The van der Waals surface area contributed by atoms with Crippen molar-refractivity contribution in [3.63, 3.8) is 0 Å². The second-order valence-electron chi connectivity index (χ2n) is 5.19. The van der Waals surface area contributed by atoms with E-state index in [1.54, 1.807) is 0 Å². The summed E-state index contributed by atoms with van der Waals surface area (Å²) in [6.45, 7) is 5.79. The van der Waals surface area contributed by atoms with Gasteiger partial charge in [0.25, 0.3) is 0 Å². The smallest absolute Gasteiger partial charge is 0.00164 e. The second kappa shape index (κ2) is 3.25. The highest BCUT2D eigenvalue weighted by atomic mass is 15.1. The van der Waals surface area contributed by atoms with Crippen molar-refractivity contribution >= 4 is 0 Å². The molecule has 0 aromatic carbocycles. The van der Waals surface area contributed by atoms with Crippen LogP contribution in [0.3, 0.4) is 0 Å². The Bertz CT molecular complexity index is 183. The van der Waals surface area contributed by atoms with E-state index in [1.165, 1.54) is 32.4 Å². The predicted octanol–water partition coefficient (Wildman–Crippen LogP) is 1.31. The molecule has 1 saturated carbocycles. The molecule has 2 nitrogen and oxygen atoms in total. The molecule has 1 saturated heterocycles. The van der Waals surface area contributed by atoms with Crippen molar-refractivity contribution in [2.24, 2.45) is 23.0 Å². The maximum absolute atomic E-state index is 5.72. The van der Waals surface area contributed by atoms with Crippen LogP contribution in [0.4, 0.5) is 0 Å². The summed E-state index contributed by atoms with van der Waals surface area (Å²) in [6, 6.07) is 0. The van der Waals surface area contributed by atoms with Crippen LogP contribution < -0.4 is 5.73 Å². The van der Waals surface area contributed by atoms with E-state index in [0.29, 0.717) is 0 Å². The average Bonchev–Trinajstić information content (AvgIpc) is 2.85. The first-order valence-corrected chi connectivity index (χ1v) is 5.56. The molecule has 2 atom stereocenters. The zero-order chi connectivity index (χ0) is 9.47. The lowest BCUT2D eigenvalue weighted by Crippen LogP contribution is -2.33. The molecule has 0 radical (unpaired) electrons. The molecule has 76 valence electrons. The minimum absolute atomic E-state index is 0.727. The zero-order valence-electron chi connectivity index (χ0n) is 8.92. The fourth-order valence-electron chi connectivity index (χ4n) is 2.99. The Hall–Kier alpha value is -0.0800. The molecule has 0 aromatic heterocycles. The molecule has 1 spiro atoms. The summed E-state index contributed by atoms with van der Waals surface area (Å²) < 4.78 is 0. The molecule has 2 heteroatoms. The van der Waals surface area contributed by atoms with Gasteiger partial charge in [-0.15, -0.1) is 0 Å². The topological polar surface area (TPSA) is 29.3 Å². The molecular weight excluding hydrogens is 160 g/mol. The highest BCUT2D eigenvalue weighted by molar-refractivity contribution is 5.06. The molecule has 13 heavy (non-hydrogen) atoms. The van der Waals surface area contributed by atoms with Crippen LogP contribution in [0, 0.1) is 17.3 Å². The van der Waals surface area contributed by atoms with Gasteiger partial charge in [-0.05, 0) is 63.2 Å². The quantitative estimate of drug-likeness (QED) is 0.698. The van der Waals surface area contributed by atoms with Gasteiger partial charge in [0, 0.05) is 0 Å². The van der Waals surface area contributed by atoms with E-state index in [1.807, 2.05) is 0 Å². The first kappa shape index (κ1) is 9.47. The fraction of sp³-hybridized carbons (Fsp3) is 1.00. The van der Waals surface area contributed by atoms with Crippen LogP contribution >= 0.6 is 0 Å². The van der Waals surface area contributed by atoms with Crippen molar-refractivity contribution in [1.29, 1.82) is 0 Å². The maximum atomic E-state index is 5.72. The van der Waals surface area contributed by atoms with Crippen molar-refractivity contribution in [3.8, 4) is 0 Å². The van der Waals surface area contributed by atoms with Crippen molar-refractivity contribution in [3.05, 3.63) is 0 Å². The molecular formula is C11H22N2. The molecule has 1 heterocycles. The Kier molecular flexibility index (Phi) is 2.37. The summed E-state index contributed by atoms with van der Waals surface area (Å²) >= 11 is 0. The molecule has 2 fully saturated rings. The zero-order valence-corrected chi connectivity index (χ0v) is 8.92. The van der Waals surface area contributed by atoms with Gasteiger partial charge in [0.2, 0.25) is 0 Å². The third-order valence-electron chi connectivity index (χ3n) is 4.29. The normalized spacial score (nSPS) is 34.8. The van der Waals surface area contributed by atoms with E-state index in [9.17, 15) is 0 Å². The second-order valence-corrected chi connectivity index (χ2v) is 5.19. The number of rotatable bonds is 2. The molecule has 2 aliphatic rings. The van der Waals surface area contributed by atoms with Crippen LogP contribution in [0.25, 0.3) is 0 Å². The van der Waals surface area contributed by atoms with Crippen molar-refractivity contribution in [2.75, 3.05) is 26.7 Å². The van der Waals surface area contributed by atoms with Crippen molar-refractivity contribution in [2.45, 2.75) is 26.2 Å². The SMILES string of the molecule is CC(CN)C1CC12CCN(C)CC2. The van der Waals surface area contributed by atoms with E-state index in [2.05, 4.69) is 18.9 Å². The minimum atomic E-state index is 0.727. The number of hydrogen-bond donors (Lipinski definition) is 1. The lowest BCUT2D eigenvalue weighted by atomic mass is 9.87. The van der Waals surface area contributed by atoms with Crippen LogP contribution in [-0.2, 0) is 0 Å². The lowest BCUT2D eigenvalue weighted by molar-refractivity contribution is 0.183. The summed E-state index contributed by atoms with van der Waals surface area (Å²) in [4.78, 5) is 2.45. The minimum Gasteiger partial charge on any atom is -0.330 e. The van der Waals surface area contributed by atoms with Crippen LogP contribution in [-0.4, -0.2) is 31.6 Å². The summed E-state index contributed by atoms with van der Waals surface area (Å²) in [5.41, 5.74) is 6.45. The molecule has 1 aliphatic heterocycles. The van der Waals surface area contributed by atoms with Gasteiger partial charge in [0.1, 0.15) is 0 Å². The maximum Gasteiger partial charge on any atom is -0.00164 e. The number of hydrogen-bond acceptors (Lipinski definition) is 2. The van der Waals surface area contributed by atoms with Crippen molar-refractivity contribution < 1.29 is 0 Å². The van der Waals surface area contributed by atoms with Gasteiger partial charge in [0.15, 0.2) is 0 Å². The van der Waals surface area contributed by atoms with Crippen LogP contribution in [0.5, 0.6) is 0 Å². The summed E-state index contributed by atoms with van der Waals surface area (Å²) in [5.74, 6) is 1.70. The fourth-order valence-corrected chi connectivity index (χ4v) is 2.99. The van der Waals surface area contributed by atoms with E-state index < -0.39 is 0 Å². The lowest BCUT2D eigenvalue weighted by Gasteiger charge is -2.30. The highest BCUT2D eigenvalue weighted by Crippen LogP contribution is 2.62. The third-order valence-corrected chi connectivity index (χ3v) is 4.29. The van der Waals surface area contributed by atoms with E-state index in [-0.39, 0.29) is 0 Å². The molecule has 0 amide bonds. The number of likely N-dealkylation sites (tertiary alicyclic amines) is 1.